The van der Waals surface area contributed by atoms with Crippen LogP contribution >= 0.6 is 0 Å². The highest BCUT2D eigenvalue weighted by Gasteiger charge is 2.32. The zero-order valence-corrected chi connectivity index (χ0v) is 23.3. The fraction of sp³-hybridized carbons (Fsp3) is 0.571. The van der Waals surface area contributed by atoms with Gasteiger partial charge in [0.2, 0.25) is 21.8 Å². The Morgan fingerprint density at radius 1 is 1.05 bits per heavy atom. The first-order valence-corrected chi connectivity index (χ1v) is 15.3. The molecule has 0 spiro atoms. The molecule has 1 saturated carbocycles. The highest BCUT2D eigenvalue weighted by molar-refractivity contribution is 7.88. The Kier molecular flexibility index (Phi) is 11.1. The van der Waals surface area contributed by atoms with Gasteiger partial charge >= 0.3 is 0 Å². The van der Waals surface area contributed by atoms with Crippen molar-refractivity contribution in [3.8, 4) is 0 Å². The first-order valence-electron chi connectivity index (χ1n) is 13.5. The van der Waals surface area contributed by atoms with E-state index in [1.165, 1.54) is 10.6 Å². The molecule has 0 heterocycles. The summed E-state index contributed by atoms with van der Waals surface area (Å²) < 4.78 is 26.8. The number of aliphatic hydroxyl groups is 1. The molecule has 2 aromatic carbocycles. The summed E-state index contributed by atoms with van der Waals surface area (Å²) in [6.07, 6.45) is 6.25. The Morgan fingerprint density at radius 3 is 2.34 bits per heavy atom. The number of benzene rings is 2. The van der Waals surface area contributed by atoms with Gasteiger partial charge in [-0.3, -0.25) is 9.59 Å². The van der Waals surface area contributed by atoms with Crippen molar-refractivity contribution in [2.45, 2.75) is 70.1 Å². The van der Waals surface area contributed by atoms with Gasteiger partial charge in [0.05, 0.1) is 12.4 Å². The molecule has 1 aliphatic carbocycles. The summed E-state index contributed by atoms with van der Waals surface area (Å²) in [5.74, 6) is -1.49. The molecule has 5 N–H and O–H groups in total. The number of hydrogen-bond acceptors (Lipinski definition) is 6. The van der Waals surface area contributed by atoms with Crippen molar-refractivity contribution >= 4 is 32.6 Å². The molecule has 3 rings (SSSR count). The molecule has 38 heavy (non-hydrogen) atoms. The molecule has 9 nitrogen and oxygen atoms in total. The van der Waals surface area contributed by atoms with Crippen LogP contribution in [0, 0.1) is 5.92 Å². The van der Waals surface area contributed by atoms with E-state index in [0.29, 0.717) is 0 Å². The standard InChI is InChI=1S/C28H42N4O5S/c1-20(19-32(38(2,36)37)24-11-5-3-4-6-12-24)27(34)31-26(28(35)30-18-25(33)17-29)16-21-13-14-22-9-7-8-10-23(22)15-21/h7-10,13-15,20,24-26,33H,3-6,11-12,16-19,29H2,1-2H3,(H,30,35)(H,31,34)/t20?,25-,26?/m1/s1. The van der Waals surface area contributed by atoms with Crippen LogP contribution in [0.3, 0.4) is 0 Å². The highest BCUT2D eigenvalue weighted by Crippen LogP contribution is 2.25. The predicted octanol–water partition coefficient (Wildman–Crippen LogP) is 1.92. The second-order valence-electron chi connectivity index (χ2n) is 10.5. The third kappa shape index (κ3) is 8.76. The molecule has 2 amide bonds. The van der Waals surface area contributed by atoms with Crippen molar-refractivity contribution in [3.05, 3.63) is 48.0 Å². The van der Waals surface area contributed by atoms with Gasteiger partial charge in [-0.2, -0.15) is 4.31 Å². The van der Waals surface area contributed by atoms with Gasteiger partial charge in [0, 0.05) is 38.0 Å². The minimum atomic E-state index is -3.51. The van der Waals surface area contributed by atoms with E-state index in [9.17, 15) is 23.1 Å². The van der Waals surface area contributed by atoms with Gasteiger partial charge < -0.3 is 21.5 Å². The van der Waals surface area contributed by atoms with Gasteiger partial charge in [-0.15, -0.1) is 0 Å². The number of hydrogen-bond donors (Lipinski definition) is 4. The number of nitrogens with two attached hydrogens (primary N) is 1. The average molecular weight is 547 g/mol. The molecular formula is C28H42N4O5S. The summed E-state index contributed by atoms with van der Waals surface area (Å²) in [5.41, 5.74) is 6.33. The number of rotatable bonds is 12. The van der Waals surface area contributed by atoms with Gasteiger partial charge in [-0.25, -0.2) is 8.42 Å². The summed E-state index contributed by atoms with van der Waals surface area (Å²) in [4.78, 5) is 26.4. The third-order valence-corrected chi connectivity index (χ3v) is 8.53. The van der Waals surface area contributed by atoms with Crippen LogP contribution in [0.25, 0.3) is 10.8 Å². The average Bonchev–Trinajstić information content (AvgIpc) is 3.18. The quantitative estimate of drug-likeness (QED) is 0.300. The first-order chi connectivity index (χ1) is 18.1. The summed E-state index contributed by atoms with van der Waals surface area (Å²) in [6, 6.07) is 12.7. The zero-order chi connectivity index (χ0) is 27.7. The maximum atomic E-state index is 13.3. The summed E-state index contributed by atoms with van der Waals surface area (Å²) in [5, 5.41) is 17.4. The van der Waals surface area contributed by atoms with Gasteiger partial charge in [-0.05, 0) is 29.2 Å². The Morgan fingerprint density at radius 2 is 1.71 bits per heavy atom. The molecule has 2 aromatic rings. The second-order valence-corrected chi connectivity index (χ2v) is 12.4. The van der Waals surface area contributed by atoms with E-state index in [4.69, 9.17) is 5.73 Å². The lowest BCUT2D eigenvalue weighted by Gasteiger charge is -2.31. The van der Waals surface area contributed by atoms with Gasteiger partial charge in [0.15, 0.2) is 0 Å². The molecule has 0 aliphatic heterocycles. The fourth-order valence-corrected chi connectivity index (χ4v) is 6.25. The lowest BCUT2D eigenvalue weighted by atomic mass is 10.00. The number of fused-ring (bicyclic) bond motifs is 1. The predicted molar refractivity (Wildman–Crippen MR) is 150 cm³/mol. The smallest absolute Gasteiger partial charge is 0.243 e. The van der Waals surface area contributed by atoms with E-state index < -0.39 is 39.9 Å². The van der Waals surface area contributed by atoms with Crippen molar-refractivity contribution in [2.75, 3.05) is 25.9 Å². The van der Waals surface area contributed by atoms with Crippen LogP contribution in [-0.4, -0.2) is 73.7 Å². The minimum absolute atomic E-state index is 0.00150. The SMILES string of the molecule is CC(CN(C1CCCCCC1)S(C)(=O)=O)C(=O)NC(Cc1ccc2ccccc2c1)C(=O)NC[C@H](O)CN. The van der Waals surface area contributed by atoms with Crippen LogP contribution < -0.4 is 16.4 Å². The maximum absolute atomic E-state index is 13.3. The Labute approximate surface area is 226 Å². The monoisotopic (exact) mass is 546 g/mol. The molecule has 210 valence electrons. The summed E-state index contributed by atoms with van der Waals surface area (Å²) in [6.45, 7) is 1.72. The molecule has 0 radical (unpaired) electrons. The van der Waals surface area contributed by atoms with E-state index in [0.717, 1.165) is 54.9 Å². The van der Waals surface area contributed by atoms with Crippen molar-refractivity contribution in [1.82, 2.24) is 14.9 Å². The molecule has 0 saturated heterocycles. The molecule has 0 aromatic heterocycles. The lowest BCUT2D eigenvalue weighted by Crippen LogP contribution is -2.52. The largest absolute Gasteiger partial charge is 0.390 e. The Balaban J connectivity index is 1.75. The van der Waals surface area contributed by atoms with Crippen molar-refractivity contribution in [3.63, 3.8) is 0 Å². The zero-order valence-electron chi connectivity index (χ0n) is 22.4. The Bertz CT molecular complexity index is 1180. The van der Waals surface area contributed by atoms with E-state index in [1.807, 2.05) is 42.5 Å². The van der Waals surface area contributed by atoms with E-state index in [1.54, 1.807) is 6.92 Å². The van der Waals surface area contributed by atoms with Crippen molar-refractivity contribution < 1.29 is 23.1 Å². The van der Waals surface area contributed by atoms with E-state index in [-0.39, 0.29) is 32.1 Å². The van der Waals surface area contributed by atoms with Gasteiger partial charge in [0.25, 0.3) is 0 Å². The number of nitrogens with one attached hydrogen (secondary N) is 2. The second kappa shape index (κ2) is 14.0. The summed E-state index contributed by atoms with van der Waals surface area (Å²) in [7, 11) is -3.51. The molecular weight excluding hydrogens is 504 g/mol. The molecule has 0 bridgehead atoms. The molecule has 1 fully saturated rings. The van der Waals surface area contributed by atoms with E-state index >= 15 is 0 Å². The number of amides is 2. The van der Waals surface area contributed by atoms with Crippen LogP contribution in [0.4, 0.5) is 0 Å². The number of aliphatic hydroxyl groups excluding tert-OH is 1. The van der Waals surface area contributed by atoms with Crippen LogP contribution in [0.15, 0.2) is 42.5 Å². The normalized spacial score (nSPS) is 17.5. The first kappa shape index (κ1) is 30.0. The van der Waals surface area contributed by atoms with Gasteiger partial charge in [-0.1, -0.05) is 75.1 Å². The van der Waals surface area contributed by atoms with Crippen molar-refractivity contribution in [2.24, 2.45) is 11.7 Å². The van der Waals surface area contributed by atoms with E-state index in [2.05, 4.69) is 10.6 Å². The van der Waals surface area contributed by atoms with Crippen LogP contribution in [0.5, 0.6) is 0 Å². The van der Waals surface area contributed by atoms with Crippen LogP contribution in [0.2, 0.25) is 0 Å². The van der Waals surface area contributed by atoms with Crippen LogP contribution in [-0.2, 0) is 26.0 Å². The van der Waals surface area contributed by atoms with Crippen LogP contribution in [0.1, 0.15) is 51.0 Å². The number of carbonyl (C=O) groups is 2. The highest BCUT2D eigenvalue weighted by atomic mass is 32.2. The lowest BCUT2D eigenvalue weighted by molar-refractivity contribution is -0.131. The minimum Gasteiger partial charge on any atom is -0.390 e. The number of carbonyl (C=O) groups excluding carboxylic acids is 2. The van der Waals surface area contributed by atoms with Gasteiger partial charge in [0.1, 0.15) is 6.04 Å². The fourth-order valence-electron chi connectivity index (χ4n) is 5.00. The molecule has 10 heteroatoms. The summed E-state index contributed by atoms with van der Waals surface area (Å²) >= 11 is 0. The van der Waals surface area contributed by atoms with Crippen molar-refractivity contribution in [1.29, 1.82) is 0 Å². The molecule has 1 aliphatic rings. The number of nitrogens with zero attached hydrogens (tertiary/aromatic N) is 1. The maximum Gasteiger partial charge on any atom is 0.243 e. The third-order valence-electron chi connectivity index (χ3n) is 7.23. The Hall–Kier alpha value is -2.53. The topological polar surface area (TPSA) is 142 Å². The molecule has 2 unspecified atom stereocenters. The molecule has 3 atom stereocenters. The number of sulfonamides is 1.